The molecule has 1 unspecified atom stereocenters. The highest BCUT2D eigenvalue weighted by Crippen LogP contribution is 2.49. The summed E-state index contributed by atoms with van der Waals surface area (Å²) in [5.41, 5.74) is 1.36. The van der Waals surface area contributed by atoms with Gasteiger partial charge in [-0.25, -0.2) is 4.79 Å². The molecule has 4 rings (SSSR count). The number of benzene rings is 2. The van der Waals surface area contributed by atoms with Gasteiger partial charge in [-0.1, -0.05) is 6.07 Å². The lowest BCUT2D eigenvalue weighted by Gasteiger charge is -2.23. The van der Waals surface area contributed by atoms with Crippen LogP contribution < -0.4 is 23.7 Å². The molecule has 2 heterocycles. The third-order valence-electron chi connectivity index (χ3n) is 5.21. The molecule has 1 atom stereocenters. The van der Waals surface area contributed by atoms with Crippen LogP contribution in [0.2, 0.25) is 0 Å². The van der Waals surface area contributed by atoms with Crippen LogP contribution in [0.1, 0.15) is 24.0 Å². The molecule has 9 heteroatoms. The summed E-state index contributed by atoms with van der Waals surface area (Å²) in [7, 11) is 4.52. The van der Waals surface area contributed by atoms with Crippen LogP contribution in [0.3, 0.4) is 0 Å². The lowest BCUT2D eigenvalue weighted by molar-refractivity contribution is -0.136. The zero-order valence-corrected chi connectivity index (χ0v) is 18.1. The van der Waals surface area contributed by atoms with E-state index >= 15 is 0 Å². The van der Waals surface area contributed by atoms with Gasteiger partial charge in [0.25, 0.3) is 0 Å². The maximum absolute atomic E-state index is 12.8. The van der Waals surface area contributed by atoms with E-state index in [0.717, 1.165) is 0 Å². The molecule has 32 heavy (non-hydrogen) atoms. The Morgan fingerprint density at radius 2 is 1.66 bits per heavy atom. The maximum atomic E-state index is 12.8. The van der Waals surface area contributed by atoms with E-state index in [-0.39, 0.29) is 24.7 Å². The van der Waals surface area contributed by atoms with Gasteiger partial charge in [-0.05, 0) is 12.1 Å². The number of hydrogen-bond acceptors (Lipinski definition) is 9. The molecule has 2 aliphatic rings. The number of methoxy groups -OCH3 is 3. The molecular formula is C23H22O9. The third-order valence-corrected chi connectivity index (χ3v) is 5.21. The fourth-order valence-corrected chi connectivity index (χ4v) is 3.79. The summed E-state index contributed by atoms with van der Waals surface area (Å²) in [5, 5.41) is 0. The highest BCUT2D eigenvalue weighted by Gasteiger charge is 2.39. The van der Waals surface area contributed by atoms with E-state index in [2.05, 4.69) is 0 Å². The molecule has 0 aliphatic carbocycles. The van der Waals surface area contributed by atoms with Gasteiger partial charge in [0.15, 0.2) is 11.5 Å². The molecule has 0 bridgehead atoms. The zero-order chi connectivity index (χ0) is 22.8. The van der Waals surface area contributed by atoms with E-state index in [1.165, 1.54) is 21.1 Å². The molecule has 0 spiro atoms. The molecular weight excluding hydrogens is 420 g/mol. The molecule has 0 aromatic heterocycles. The highest BCUT2D eigenvalue weighted by molar-refractivity contribution is 5.94. The molecule has 0 saturated heterocycles. The van der Waals surface area contributed by atoms with Gasteiger partial charge in [-0.15, -0.1) is 0 Å². The summed E-state index contributed by atoms with van der Waals surface area (Å²) in [6, 6.07) is 8.47. The molecule has 9 nitrogen and oxygen atoms in total. The van der Waals surface area contributed by atoms with Crippen LogP contribution in [0.15, 0.2) is 41.7 Å². The number of carbonyl (C=O) groups is 2. The normalized spacial score (nSPS) is 15.3. The van der Waals surface area contributed by atoms with Crippen molar-refractivity contribution in [1.29, 1.82) is 0 Å². The van der Waals surface area contributed by atoms with Crippen molar-refractivity contribution in [1.82, 2.24) is 0 Å². The lowest BCUT2D eigenvalue weighted by atomic mass is 9.83. The predicted molar refractivity (Wildman–Crippen MR) is 110 cm³/mol. The summed E-state index contributed by atoms with van der Waals surface area (Å²) < 4.78 is 38.1. The second-order valence-corrected chi connectivity index (χ2v) is 6.99. The molecule has 0 radical (unpaired) electrons. The Balaban J connectivity index is 2.00. The van der Waals surface area contributed by atoms with Crippen LogP contribution in [0, 0.1) is 0 Å². The largest absolute Gasteiger partial charge is 0.497 e. The zero-order valence-electron chi connectivity index (χ0n) is 18.1. The first-order chi connectivity index (χ1) is 15.5. The third kappa shape index (κ3) is 3.77. The lowest BCUT2D eigenvalue weighted by Crippen LogP contribution is -2.15. The second kappa shape index (κ2) is 8.70. The minimum atomic E-state index is -0.760. The summed E-state index contributed by atoms with van der Waals surface area (Å²) in [6.07, 6.45) is 0. The van der Waals surface area contributed by atoms with Gasteiger partial charge in [-0.2, -0.15) is 0 Å². The molecule has 2 aromatic rings. The van der Waals surface area contributed by atoms with E-state index in [9.17, 15) is 9.59 Å². The first-order valence-electron chi connectivity index (χ1n) is 9.74. The monoisotopic (exact) mass is 442 g/mol. The Morgan fingerprint density at radius 1 is 0.906 bits per heavy atom. The first kappa shape index (κ1) is 21.4. The van der Waals surface area contributed by atoms with Gasteiger partial charge in [0.1, 0.15) is 29.6 Å². The average molecular weight is 442 g/mol. The number of esters is 2. The average Bonchev–Trinajstić information content (AvgIpc) is 3.39. The Hall–Kier alpha value is -3.88. The molecule has 0 saturated carbocycles. The fraction of sp³-hybridized carbons (Fsp3) is 0.304. The smallest absolute Gasteiger partial charge is 0.339 e. The number of ether oxygens (including phenoxy) is 7. The fourth-order valence-electron chi connectivity index (χ4n) is 3.79. The summed E-state index contributed by atoms with van der Waals surface area (Å²) in [5.74, 6) is 0.672. The van der Waals surface area contributed by atoms with Crippen LogP contribution in [0.25, 0.3) is 0 Å². The van der Waals surface area contributed by atoms with Gasteiger partial charge in [0, 0.05) is 30.2 Å². The van der Waals surface area contributed by atoms with Crippen LogP contribution in [-0.4, -0.2) is 46.7 Å². The highest BCUT2D eigenvalue weighted by atomic mass is 16.7. The molecule has 0 N–H and O–H groups in total. The number of fused-ring (bicyclic) bond motifs is 1. The quantitative estimate of drug-likeness (QED) is 0.473. The summed E-state index contributed by atoms with van der Waals surface area (Å²) >= 11 is 0. The minimum Gasteiger partial charge on any atom is -0.497 e. The van der Waals surface area contributed by atoms with E-state index in [1.54, 1.807) is 37.4 Å². The van der Waals surface area contributed by atoms with Gasteiger partial charge in [-0.3, -0.25) is 4.79 Å². The van der Waals surface area contributed by atoms with Crippen molar-refractivity contribution in [2.75, 3.05) is 34.7 Å². The van der Waals surface area contributed by atoms with Crippen LogP contribution in [0.5, 0.6) is 28.7 Å². The Morgan fingerprint density at radius 3 is 2.31 bits per heavy atom. The molecule has 0 fully saturated rings. The van der Waals surface area contributed by atoms with E-state index < -0.39 is 17.9 Å². The second-order valence-electron chi connectivity index (χ2n) is 6.99. The van der Waals surface area contributed by atoms with Gasteiger partial charge in [0.2, 0.25) is 6.79 Å². The van der Waals surface area contributed by atoms with Gasteiger partial charge < -0.3 is 33.2 Å². The van der Waals surface area contributed by atoms with Crippen LogP contribution in [-0.2, 0) is 19.1 Å². The van der Waals surface area contributed by atoms with Gasteiger partial charge in [0.05, 0.1) is 32.8 Å². The van der Waals surface area contributed by atoms with Crippen molar-refractivity contribution < 1.29 is 42.7 Å². The van der Waals surface area contributed by atoms with Crippen molar-refractivity contribution >= 4 is 11.9 Å². The van der Waals surface area contributed by atoms with E-state index in [4.69, 9.17) is 33.2 Å². The predicted octanol–water partition coefficient (Wildman–Crippen LogP) is 2.95. The Bertz CT molecular complexity index is 1100. The standard InChI is InChI=1S/C23H22O9/c1-12(24)32-17-9-19-18(30-11-31-19)8-15(17)21(22-20(28-4)10-29-23(22)25)14-6-5-13(26-2)7-16(14)27-3/h5-9,21H,10-11H2,1-4H3. The molecule has 168 valence electrons. The van der Waals surface area contributed by atoms with Crippen molar-refractivity contribution in [2.45, 2.75) is 12.8 Å². The van der Waals surface area contributed by atoms with Crippen LogP contribution >= 0.6 is 0 Å². The maximum Gasteiger partial charge on any atom is 0.339 e. The number of cyclic esters (lactones) is 1. The van der Waals surface area contributed by atoms with Crippen molar-refractivity contribution in [3.63, 3.8) is 0 Å². The van der Waals surface area contributed by atoms with Crippen molar-refractivity contribution in [3.05, 3.63) is 52.8 Å². The van der Waals surface area contributed by atoms with Gasteiger partial charge >= 0.3 is 11.9 Å². The number of rotatable bonds is 7. The van der Waals surface area contributed by atoms with E-state index in [0.29, 0.717) is 39.9 Å². The number of hydrogen-bond donors (Lipinski definition) is 0. The van der Waals surface area contributed by atoms with Crippen molar-refractivity contribution in [3.8, 4) is 28.7 Å². The number of carbonyl (C=O) groups excluding carboxylic acids is 2. The van der Waals surface area contributed by atoms with Crippen molar-refractivity contribution in [2.24, 2.45) is 0 Å². The first-order valence-corrected chi connectivity index (χ1v) is 9.74. The molecule has 2 aromatic carbocycles. The Labute approximate surface area is 184 Å². The molecule has 0 amide bonds. The SMILES string of the molecule is COC1=C(C(c2ccc(OC)cc2OC)c2cc3c(cc2OC(C)=O)OCO3)C(=O)OC1. The topological polar surface area (TPSA) is 98.8 Å². The minimum absolute atomic E-state index is 0.00686. The summed E-state index contributed by atoms with van der Waals surface area (Å²) in [4.78, 5) is 24.7. The van der Waals surface area contributed by atoms with E-state index in [1.807, 2.05) is 0 Å². The molecule has 2 aliphatic heterocycles. The van der Waals surface area contributed by atoms with Crippen LogP contribution in [0.4, 0.5) is 0 Å². The summed E-state index contributed by atoms with van der Waals surface area (Å²) in [6.45, 7) is 1.32. The Kier molecular flexibility index (Phi) is 5.81.